The molecule has 1 aromatic carbocycles. The number of para-hydroxylation sites is 1. The molecule has 1 rings (SSSR count). The summed E-state index contributed by atoms with van der Waals surface area (Å²) in [5.74, 6) is 0.163. The molecule has 13 heavy (non-hydrogen) atoms. The van der Waals surface area contributed by atoms with E-state index in [1.165, 1.54) is 0 Å². The largest absolute Gasteiger partial charge is 0.507 e. The minimum absolute atomic E-state index is 0.163. The molecule has 0 aliphatic carbocycles. The number of hydrogen-bond donors (Lipinski definition) is 2. The summed E-state index contributed by atoms with van der Waals surface area (Å²) in [6.45, 7) is 1.65. The van der Waals surface area contributed by atoms with E-state index >= 15 is 0 Å². The van der Waals surface area contributed by atoms with E-state index in [0.29, 0.717) is 11.1 Å². The summed E-state index contributed by atoms with van der Waals surface area (Å²) in [6, 6.07) is 6.82. The van der Waals surface area contributed by atoms with Gasteiger partial charge in [-0.05, 0) is 19.1 Å². The van der Waals surface area contributed by atoms with Gasteiger partial charge in [-0.3, -0.25) is 4.79 Å². The molecule has 0 atom stereocenters. The van der Waals surface area contributed by atoms with Crippen molar-refractivity contribution < 1.29 is 9.90 Å². The average molecular weight is 194 g/mol. The molecule has 0 amide bonds. The molecule has 0 heterocycles. The van der Waals surface area contributed by atoms with Crippen molar-refractivity contribution >= 4 is 23.8 Å². The van der Waals surface area contributed by atoms with Gasteiger partial charge in [0.2, 0.25) is 5.12 Å². The molecule has 68 valence electrons. The standard InChI is InChI=1S/C10H10O2S/c1-7(10(12)13)6-8-4-2-3-5-9(8)11/h2-6,11H,1H3,(H,12,13). The molecule has 0 fully saturated rings. The third-order valence-corrected chi connectivity index (χ3v) is 2.00. The lowest BCUT2D eigenvalue weighted by molar-refractivity contribution is -0.107. The first-order chi connectivity index (χ1) is 6.11. The average Bonchev–Trinajstić information content (AvgIpc) is 2.08. The second-order valence-electron chi connectivity index (χ2n) is 2.69. The van der Waals surface area contributed by atoms with Crippen molar-refractivity contribution in [1.82, 2.24) is 0 Å². The smallest absolute Gasteiger partial charge is 0.212 e. The molecule has 0 aromatic heterocycles. The SMILES string of the molecule is CC(=Cc1ccccc1O)C(=O)S. The van der Waals surface area contributed by atoms with E-state index < -0.39 is 0 Å². The number of hydrogen-bond acceptors (Lipinski definition) is 2. The maximum Gasteiger partial charge on any atom is 0.212 e. The summed E-state index contributed by atoms with van der Waals surface area (Å²) in [4.78, 5) is 10.8. The van der Waals surface area contributed by atoms with Crippen LogP contribution in [-0.4, -0.2) is 10.2 Å². The Balaban J connectivity index is 3.04. The van der Waals surface area contributed by atoms with Gasteiger partial charge in [-0.25, -0.2) is 0 Å². The molecule has 3 heteroatoms. The van der Waals surface area contributed by atoms with Gasteiger partial charge < -0.3 is 5.11 Å². The Hall–Kier alpha value is -1.22. The first-order valence-corrected chi connectivity index (χ1v) is 4.25. The van der Waals surface area contributed by atoms with Crippen LogP contribution in [0.25, 0.3) is 6.08 Å². The zero-order valence-corrected chi connectivity index (χ0v) is 8.08. The van der Waals surface area contributed by atoms with Crippen molar-refractivity contribution in [2.24, 2.45) is 0 Å². The minimum atomic E-state index is -0.289. The van der Waals surface area contributed by atoms with E-state index in [9.17, 15) is 9.90 Å². The summed E-state index contributed by atoms with van der Waals surface area (Å²) in [7, 11) is 0. The highest BCUT2D eigenvalue weighted by atomic mass is 32.1. The number of rotatable bonds is 2. The summed E-state index contributed by atoms with van der Waals surface area (Å²) in [6.07, 6.45) is 1.60. The molecular formula is C10H10O2S. The Morgan fingerprint density at radius 1 is 1.46 bits per heavy atom. The Morgan fingerprint density at radius 2 is 2.08 bits per heavy atom. The number of phenolic OH excluding ortho intramolecular Hbond substituents is 1. The van der Waals surface area contributed by atoms with E-state index in [1.54, 1.807) is 37.3 Å². The van der Waals surface area contributed by atoms with E-state index in [2.05, 4.69) is 12.6 Å². The van der Waals surface area contributed by atoms with Crippen LogP contribution in [-0.2, 0) is 4.79 Å². The van der Waals surface area contributed by atoms with Crippen molar-refractivity contribution in [3.05, 3.63) is 35.4 Å². The molecule has 0 saturated carbocycles. The van der Waals surface area contributed by atoms with Crippen molar-refractivity contribution in [3.63, 3.8) is 0 Å². The number of thiol groups is 1. The van der Waals surface area contributed by atoms with Crippen LogP contribution in [0, 0.1) is 0 Å². The summed E-state index contributed by atoms with van der Waals surface area (Å²) >= 11 is 3.67. The number of carbonyl (C=O) groups is 1. The van der Waals surface area contributed by atoms with Crippen LogP contribution < -0.4 is 0 Å². The van der Waals surface area contributed by atoms with Crippen LogP contribution >= 0.6 is 12.6 Å². The number of benzene rings is 1. The Labute approximate surface area is 82.3 Å². The second kappa shape index (κ2) is 4.14. The number of phenols is 1. The minimum Gasteiger partial charge on any atom is -0.507 e. The maximum atomic E-state index is 10.8. The van der Waals surface area contributed by atoms with Gasteiger partial charge >= 0.3 is 0 Å². The van der Waals surface area contributed by atoms with Gasteiger partial charge in [0, 0.05) is 11.1 Å². The lowest BCUT2D eigenvalue weighted by Gasteiger charge is -1.98. The fourth-order valence-corrected chi connectivity index (χ4v) is 0.969. The monoisotopic (exact) mass is 194 g/mol. The second-order valence-corrected chi connectivity index (χ2v) is 3.10. The van der Waals surface area contributed by atoms with Crippen molar-refractivity contribution in [1.29, 1.82) is 0 Å². The first kappa shape index (κ1) is 9.86. The molecule has 1 aromatic rings. The molecule has 0 spiro atoms. The fourth-order valence-electron chi connectivity index (χ4n) is 0.905. The Bertz CT molecular complexity index is 356. The molecule has 2 nitrogen and oxygen atoms in total. The maximum absolute atomic E-state index is 10.8. The van der Waals surface area contributed by atoms with Gasteiger partial charge in [0.05, 0.1) is 0 Å². The van der Waals surface area contributed by atoms with Gasteiger partial charge in [0.25, 0.3) is 0 Å². The number of carbonyl (C=O) groups excluding carboxylic acids is 1. The molecule has 0 unspecified atom stereocenters. The highest BCUT2D eigenvalue weighted by Crippen LogP contribution is 2.19. The van der Waals surface area contributed by atoms with Crippen LogP contribution in [0.15, 0.2) is 29.8 Å². The predicted molar refractivity (Wildman–Crippen MR) is 55.8 cm³/mol. The van der Waals surface area contributed by atoms with Gasteiger partial charge in [-0.15, -0.1) is 12.6 Å². The molecule has 0 saturated heterocycles. The van der Waals surface area contributed by atoms with Crippen LogP contribution in [0.1, 0.15) is 12.5 Å². The fraction of sp³-hybridized carbons (Fsp3) is 0.100. The first-order valence-electron chi connectivity index (χ1n) is 3.81. The van der Waals surface area contributed by atoms with Crippen molar-refractivity contribution in [2.75, 3.05) is 0 Å². The highest BCUT2D eigenvalue weighted by Gasteiger charge is 2.00. The predicted octanol–water partition coefficient (Wildman–Crippen LogP) is 2.25. The highest BCUT2D eigenvalue weighted by molar-refractivity contribution is 7.97. The topological polar surface area (TPSA) is 37.3 Å². The molecular weight excluding hydrogens is 184 g/mol. The van der Waals surface area contributed by atoms with Crippen LogP contribution in [0.2, 0.25) is 0 Å². The molecule has 0 aliphatic rings. The molecule has 0 aliphatic heterocycles. The van der Waals surface area contributed by atoms with Crippen LogP contribution in [0.5, 0.6) is 5.75 Å². The van der Waals surface area contributed by atoms with Crippen LogP contribution in [0.3, 0.4) is 0 Å². The Morgan fingerprint density at radius 3 is 2.62 bits per heavy atom. The van der Waals surface area contributed by atoms with Gasteiger partial charge in [-0.2, -0.15) is 0 Å². The summed E-state index contributed by atoms with van der Waals surface area (Å²) in [5, 5.41) is 9.07. The molecule has 0 bridgehead atoms. The zero-order valence-electron chi connectivity index (χ0n) is 7.19. The number of aromatic hydroxyl groups is 1. The normalized spacial score (nSPS) is 11.4. The third-order valence-electron chi connectivity index (χ3n) is 1.65. The van der Waals surface area contributed by atoms with Crippen LogP contribution in [0.4, 0.5) is 0 Å². The van der Waals surface area contributed by atoms with Gasteiger partial charge in [0.1, 0.15) is 5.75 Å². The van der Waals surface area contributed by atoms with Crippen molar-refractivity contribution in [2.45, 2.75) is 6.92 Å². The van der Waals surface area contributed by atoms with Crippen molar-refractivity contribution in [3.8, 4) is 5.75 Å². The van der Waals surface area contributed by atoms with Gasteiger partial charge in [-0.1, -0.05) is 18.2 Å². The summed E-state index contributed by atoms with van der Waals surface area (Å²) < 4.78 is 0. The van der Waals surface area contributed by atoms with E-state index in [4.69, 9.17) is 0 Å². The van der Waals surface area contributed by atoms with Gasteiger partial charge in [0.15, 0.2) is 0 Å². The zero-order chi connectivity index (χ0) is 9.84. The quantitative estimate of drug-likeness (QED) is 0.559. The van der Waals surface area contributed by atoms with E-state index in [1.807, 2.05) is 0 Å². The van der Waals surface area contributed by atoms with E-state index in [0.717, 1.165) is 0 Å². The molecule has 0 radical (unpaired) electrons. The lowest BCUT2D eigenvalue weighted by atomic mass is 10.1. The third kappa shape index (κ3) is 2.63. The van der Waals surface area contributed by atoms with E-state index in [-0.39, 0.29) is 10.9 Å². The lowest BCUT2D eigenvalue weighted by Crippen LogP contribution is -1.87. The summed E-state index contributed by atoms with van der Waals surface area (Å²) in [5.41, 5.74) is 1.13. The Kier molecular flexibility index (Phi) is 3.14. The molecule has 1 N–H and O–H groups in total.